The zero-order valence-corrected chi connectivity index (χ0v) is 10.2. The van der Waals surface area contributed by atoms with Gasteiger partial charge in [-0.1, -0.05) is 12.1 Å². The lowest BCUT2D eigenvalue weighted by molar-refractivity contribution is -0.137. The van der Waals surface area contributed by atoms with Crippen molar-refractivity contribution in [1.29, 1.82) is 0 Å². The molecule has 0 unspecified atom stereocenters. The normalized spacial score (nSPS) is 11.7. The zero-order chi connectivity index (χ0) is 13.1. The molecule has 4 nitrogen and oxygen atoms in total. The van der Waals surface area contributed by atoms with E-state index in [1.807, 2.05) is 0 Å². The molecule has 0 heterocycles. The number of hydrogen-bond acceptors (Lipinski definition) is 2. The first-order valence-corrected chi connectivity index (χ1v) is 4.61. The number of hydrogen-bond donors (Lipinski definition) is 2. The molecule has 0 atom stereocenters. The Morgan fingerprint density at radius 3 is 2.28 bits per heavy atom. The topological polar surface area (TPSA) is 76.8 Å². The monoisotopic (exact) mass is 280 g/mol. The van der Waals surface area contributed by atoms with Crippen LogP contribution in [0.1, 0.15) is 18.1 Å². The summed E-state index contributed by atoms with van der Waals surface area (Å²) < 4.78 is 37.3. The molecule has 4 N–H and O–H groups in total. The van der Waals surface area contributed by atoms with Gasteiger partial charge in [-0.25, -0.2) is 0 Å². The SMILES string of the molecule is CC(=NN=C(N)N)c1cccc(C(F)(F)F)c1.Cl. The molecule has 0 amide bonds. The quantitative estimate of drug-likeness (QED) is 0.494. The van der Waals surface area contributed by atoms with Gasteiger partial charge in [0.2, 0.25) is 5.96 Å². The average molecular weight is 281 g/mol. The van der Waals surface area contributed by atoms with Crippen LogP contribution in [0.25, 0.3) is 0 Å². The van der Waals surface area contributed by atoms with Crippen molar-refractivity contribution in [2.75, 3.05) is 0 Å². The lowest BCUT2D eigenvalue weighted by atomic mass is 10.1. The minimum absolute atomic E-state index is 0. The van der Waals surface area contributed by atoms with Gasteiger partial charge in [-0.15, -0.1) is 17.5 Å². The van der Waals surface area contributed by atoms with Crippen LogP contribution < -0.4 is 11.5 Å². The molecular formula is C10H12ClF3N4. The first kappa shape index (κ1) is 16.2. The van der Waals surface area contributed by atoms with E-state index < -0.39 is 11.7 Å². The highest BCUT2D eigenvalue weighted by Gasteiger charge is 2.30. The highest BCUT2D eigenvalue weighted by molar-refractivity contribution is 5.99. The summed E-state index contributed by atoms with van der Waals surface area (Å²) in [6.07, 6.45) is -4.38. The van der Waals surface area contributed by atoms with Crippen molar-refractivity contribution in [1.82, 2.24) is 0 Å². The Morgan fingerprint density at radius 1 is 1.17 bits per heavy atom. The molecule has 0 aromatic heterocycles. The fourth-order valence-electron chi connectivity index (χ4n) is 1.11. The summed E-state index contributed by atoms with van der Waals surface area (Å²) in [6, 6.07) is 4.77. The number of halogens is 4. The number of guanidine groups is 1. The molecule has 0 aliphatic heterocycles. The van der Waals surface area contributed by atoms with Crippen LogP contribution in [0.3, 0.4) is 0 Å². The van der Waals surface area contributed by atoms with E-state index in [1.165, 1.54) is 19.1 Å². The van der Waals surface area contributed by atoms with Crippen molar-refractivity contribution < 1.29 is 13.2 Å². The Kier molecular flexibility index (Phi) is 5.64. The smallest absolute Gasteiger partial charge is 0.369 e. The molecule has 0 aliphatic rings. The van der Waals surface area contributed by atoms with Crippen molar-refractivity contribution in [3.63, 3.8) is 0 Å². The Balaban J connectivity index is 0.00000289. The van der Waals surface area contributed by atoms with E-state index in [2.05, 4.69) is 10.2 Å². The Hall–Kier alpha value is -1.76. The predicted octanol–water partition coefficient (Wildman–Crippen LogP) is 2.12. The third kappa shape index (κ3) is 4.62. The third-order valence-corrected chi connectivity index (χ3v) is 1.92. The van der Waals surface area contributed by atoms with E-state index in [-0.39, 0.29) is 18.4 Å². The maximum absolute atomic E-state index is 12.4. The number of rotatable bonds is 2. The summed E-state index contributed by atoms with van der Waals surface area (Å²) in [6.45, 7) is 1.52. The molecule has 100 valence electrons. The fourth-order valence-corrected chi connectivity index (χ4v) is 1.11. The molecule has 0 saturated heterocycles. The minimum Gasteiger partial charge on any atom is -0.369 e. The van der Waals surface area contributed by atoms with E-state index in [4.69, 9.17) is 11.5 Å². The summed E-state index contributed by atoms with van der Waals surface area (Å²) in [5.41, 5.74) is 9.98. The minimum atomic E-state index is -4.38. The van der Waals surface area contributed by atoms with Crippen molar-refractivity contribution in [3.05, 3.63) is 35.4 Å². The summed E-state index contributed by atoms with van der Waals surface area (Å²) in [5, 5.41) is 6.98. The maximum atomic E-state index is 12.4. The highest BCUT2D eigenvalue weighted by atomic mass is 35.5. The lowest BCUT2D eigenvalue weighted by Gasteiger charge is -2.07. The van der Waals surface area contributed by atoms with Crippen LogP contribution >= 0.6 is 12.4 Å². The number of nitrogens with two attached hydrogens (primary N) is 2. The molecule has 0 spiro atoms. The largest absolute Gasteiger partial charge is 0.416 e. The highest BCUT2D eigenvalue weighted by Crippen LogP contribution is 2.29. The van der Waals surface area contributed by atoms with Gasteiger partial charge >= 0.3 is 6.18 Å². The van der Waals surface area contributed by atoms with Gasteiger partial charge in [-0.3, -0.25) is 0 Å². The van der Waals surface area contributed by atoms with Crippen LogP contribution in [0, 0.1) is 0 Å². The Labute approximate surface area is 108 Å². The van der Waals surface area contributed by atoms with Crippen LogP contribution in [-0.4, -0.2) is 11.7 Å². The van der Waals surface area contributed by atoms with Crippen LogP contribution in [0.5, 0.6) is 0 Å². The van der Waals surface area contributed by atoms with Crippen LogP contribution in [-0.2, 0) is 6.18 Å². The average Bonchev–Trinajstić information content (AvgIpc) is 2.25. The first-order chi connectivity index (χ1) is 7.80. The predicted molar refractivity (Wildman–Crippen MR) is 66.7 cm³/mol. The van der Waals surface area contributed by atoms with Crippen molar-refractivity contribution in [2.24, 2.45) is 21.7 Å². The summed E-state index contributed by atoms with van der Waals surface area (Å²) in [5.74, 6) is -0.253. The molecule has 18 heavy (non-hydrogen) atoms. The summed E-state index contributed by atoms with van der Waals surface area (Å²) >= 11 is 0. The molecule has 1 aromatic carbocycles. The lowest BCUT2D eigenvalue weighted by Crippen LogP contribution is -2.22. The second kappa shape index (κ2) is 6.25. The molecule has 1 rings (SSSR count). The molecule has 0 radical (unpaired) electrons. The molecule has 0 aliphatic carbocycles. The fraction of sp³-hybridized carbons (Fsp3) is 0.200. The van der Waals surface area contributed by atoms with Gasteiger partial charge < -0.3 is 11.5 Å². The van der Waals surface area contributed by atoms with Gasteiger partial charge in [0.1, 0.15) is 0 Å². The van der Waals surface area contributed by atoms with E-state index in [1.54, 1.807) is 0 Å². The van der Waals surface area contributed by atoms with Crippen LogP contribution in [0.2, 0.25) is 0 Å². The second-order valence-electron chi connectivity index (χ2n) is 3.29. The number of benzene rings is 1. The third-order valence-electron chi connectivity index (χ3n) is 1.92. The number of alkyl halides is 3. The maximum Gasteiger partial charge on any atom is 0.416 e. The van der Waals surface area contributed by atoms with Gasteiger partial charge in [0.25, 0.3) is 0 Å². The van der Waals surface area contributed by atoms with Crippen LogP contribution in [0.15, 0.2) is 34.5 Å². The first-order valence-electron chi connectivity index (χ1n) is 4.61. The van der Waals surface area contributed by atoms with E-state index in [0.717, 1.165) is 12.1 Å². The molecule has 0 bridgehead atoms. The summed E-state index contributed by atoms with van der Waals surface area (Å²) in [4.78, 5) is 0. The molecule has 0 fully saturated rings. The van der Waals surface area contributed by atoms with Crippen molar-refractivity contribution in [2.45, 2.75) is 13.1 Å². The van der Waals surface area contributed by atoms with Gasteiger partial charge in [0.05, 0.1) is 11.3 Å². The molecule has 1 aromatic rings. The number of nitrogens with zero attached hydrogens (tertiary/aromatic N) is 2. The van der Waals surface area contributed by atoms with Gasteiger partial charge in [0.15, 0.2) is 0 Å². The van der Waals surface area contributed by atoms with E-state index >= 15 is 0 Å². The second-order valence-corrected chi connectivity index (χ2v) is 3.29. The van der Waals surface area contributed by atoms with Gasteiger partial charge in [-0.2, -0.15) is 18.3 Å². The van der Waals surface area contributed by atoms with E-state index in [9.17, 15) is 13.2 Å². The van der Waals surface area contributed by atoms with Crippen LogP contribution in [0.4, 0.5) is 13.2 Å². The Morgan fingerprint density at radius 2 is 1.78 bits per heavy atom. The summed E-state index contributed by atoms with van der Waals surface area (Å²) in [7, 11) is 0. The van der Waals surface area contributed by atoms with Gasteiger partial charge in [-0.05, 0) is 24.6 Å². The molecule has 8 heteroatoms. The Bertz CT molecular complexity index is 464. The zero-order valence-electron chi connectivity index (χ0n) is 9.40. The van der Waals surface area contributed by atoms with Gasteiger partial charge in [0, 0.05) is 0 Å². The van der Waals surface area contributed by atoms with Crippen molar-refractivity contribution in [3.8, 4) is 0 Å². The molecule has 0 saturated carbocycles. The van der Waals surface area contributed by atoms with E-state index in [0.29, 0.717) is 11.3 Å². The standard InChI is InChI=1S/C10H11F3N4.ClH/c1-6(16-17-9(14)15)7-3-2-4-8(5-7)10(11,12)13;/h2-5H,1H3,(H4,14,15,17);1H. The molecular weight excluding hydrogens is 269 g/mol. The van der Waals surface area contributed by atoms with Crippen molar-refractivity contribution >= 4 is 24.1 Å².